The highest BCUT2D eigenvalue weighted by molar-refractivity contribution is 8.00. The van der Waals surface area contributed by atoms with Crippen LogP contribution in [0.25, 0.3) is 0 Å². The van der Waals surface area contributed by atoms with Crippen LogP contribution in [0.5, 0.6) is 11.5 Å². The van der Waals surface area contributed by atoms with E-state index in [-0.39, 0.29) is 11.2 Å². The summed E-state index contributed by atoms with van der Waals surface area (Å²) in [4.78, 5) is 14.1. The third-order valence-electron chi connectivity index (χ3n) is 4.66. The predicted octanol–water partition coefficient (Wildman–Crippen LogP) is 4.65. The molecule has 148 valence electrons. The first-order valence-corrected chi connectivity index (χ1v) is 10.6. The smallest absolute Gasteiger partial charge is 0.238 e. The zero-order chi connectivity index (χ0) is 19.9. The summed E-state index contributed by atoms with van der Waals surface area (Å²) in [5.74, 6) is 1.58. The van der Waals surface area contributed by atoms with E-state index in [0.717, 1.165) is 33.9 Å². The van der Waals surface area contributed by atoms with Crippen molar-refractivity contribution >= 4 is 17.7 Å². The number of benzene rings is 3. The molecule has 0 saturated heterocycles. The number of carbonyl (C=O) groups excluding carboxylic acids is 1. The fourth-order valence-corrected chi connectivity index (χ4v) is 4.27. The monoisotopic (exact) mass is 405 g/mol. The highest BCUT2D eigenvalue weighted by atomic mass is 32.2. The molecule has 0 saturated carbocycles. The molecule has 29 heavy (non-hydrogen) atoms. The van der Waals surface area contributed by atoms with Crippen molar-refractivity contribution in [2.75, 3.05) is 19.8 Å². The number of carbonyl (C=O) groups is 1. The molecule has 0 spiro atoms. The molecule has 0 aliphatic carbocycles. The number of thioether (sulfide) groups is 1. The molecule has 4 nitrogen and oxygen atoms in total. The van der Waals surface area contributed by atoms with Gasteiger partial charge in [-0.1, -0.05) is 54.6 Å². The quantitative estimate of drug-likeness (QED) is 0.581. The van der Waals surface area contributed by atoms with Gasteiger partial charge in [0, 0.05) is 11.4 Å². The lowest BCUT2D eigenvalue weighted by molar-refractivity contribution is -0.120. The van der Waals surface area contributed by atoms with Gasteiger partial charge in [-0.15, -0.1) is 11.8 Å². The molecule has 4 rings (SSSR count). The van der Waals surface area contributed by atoms with Crippen LogP contribution in [0.1, 0.15) is 16.4 Å². The Bertz CT molecular complexity index is 947. The second-order valence-electron chi connectivity index (χ2n) is 6.74. The van der Waals surface area contributed by atoms with Crippen molar-refractivity contribution in [2.24, 2.45) is 0 Å². The fourth-order valence-electron chi connectivity index (χ4n) is 3.20. The molecule has 0 fully saturated rings. The third-order valence-corrected chi connectivity index (χ3v) is 5.92. The molecule has 1 amide bonds. The molecular formula is C24H23NO3S. The molecule has 1 aliphatic heterocycles. The zero-order valence-corrected chi connectivity index (χ0v) is 16.9. The van der Waals surface area contributed by atoms with Gasteiger partial charge in [0.15, 0.2) is 11.5 Å². The van der Waals surface area contributed by atoms with Crippen LogP contribution in [0.3, 0.4) is 0 Å². The van der Waals surface area contributed by atoms with Gasteiger partial charge in [0.25, 0.3) is 0 Å². The molecule has 5 heteroatoms. The maximum atomic E-state index is 13.0. The van der Waals surface area contributed by atoms with Gasteiger partial charge in [-0.05, 0) is 41.8 Å². The van der Waals surface area contributed by atoms with Crippen LogP contribution >= 0.6 is 11.8 Å². The third kappa shape index (κ3) is 5.12. The van der Waals surface area contributed by atoms with Crippen molar-refractivity contribution in [1.82, 2.24) is 5.32 Å². The lowest BCUT2D eigenvalue weighted by Crippen LogP contribution is -2.29. The molecule has 0 unspecified atom stereocenters. The van der Waals surface area contributed by atoms with E-state index < -0.39 is 0 Å². The lowest BCUT2D eigenvalue weighted by Gasteiger charge is -2.19. The Balaban J connectivity index is 1.40. The van der Waals surface area contributed by atoms with E-state index in [1.807, 2.05) is 78.9 Å². The molecule has 3 aromatic rings. The highest BCUT2D eigenvalue weighted by Gasteiger charge is 2.21. The second-order valence-corrected chi connectivity index (χ2v) is 7.92. The van der Waals surface area contributed by atoms with Crippen molar-refractivity contribution in [2.45, 2.75) is 16.6 Å². The standard InChI is InChI=1S/C24H23NO3S/c26-24(25-14-13-18-11-12-21-22(17-18)28-16-15-27-21)23(19-7-3-1-4-8-19)29-20-9-5-2-6-10-20/h1-12,17,23H,13-16H2,(H,25,26)/t23-/m1/s1. The predicted molar refractivity (Wildman–Crippen MR) is 116 cm³/mol. The minimum Gasteiger partial charge on any atom is -0.486 e. The number of hydrogen-bond acceptors (Lipinski definition) is 4. The molecule has 1 N–H and O–H groups in total. The minimum atomic E-state index is -0.293. The maximum absolute atomic E-state index is 13.0. The van der Waals surface area contributed by atoms with E-state index in [2.05, 4.69) is 5.32 Å². The van der Waals surface area contributed by atoms with Crippen molar-refractivity contribution < 1.29 is 14.3 Å². The Morgan fingerprint density at radius 2 is 1.59 bits per heavy atom. The van der Waals surface area contributed by atoms with Crippen LogP contribution < -0.4 is 14.8 Å². The van der Waals surface area contributed by atoms with Crippen LogP contribution in [0, 0.1) is 0 Å². The van der Waals surface area contributed by atoms with Gasteiger partial charge in [-0.3, -0.25) is 4.79 Å². The lowest BCUT2D eigenvalue weighted by atomic mass is 10.1. The number of amides is 1. The average molecular weight is 406 g/mol. The van der Waals surface area contributed by atoms with Crippen molar-refractivity contribution in [1.29, 1.82) is 0 Å². The summed E-state index contributed by atoms with van der Waals surface area (Å²) in [7, 11) is 0. The molecule has 0 bridgehead atoms. The second kappa shape index (κ2) is 9.52. The van der Waals surface area contributed by atoms with Crippen molar-refractivity contribution in [3.05, 3.63) is 90.0 Å². The summed E-state index contributed by atoms with van der Waals surface area (Å²) in [5, 5.41) is 2.81. The first kappa shape index (κ1) is 19.4. The van der Waals surface area contributed by atoms with Crippen LogP contribution in [0.4, 0.5) is 0 Å². The Hall–Kier alpha value is -2.92. The number of rotatable bonds is 7. The topological polar surface area (TPSA) is 47.6 Å². The normalized spacial score (nSPS) is 13.5. The van der Waals surface area contributed by atoms with Gasteiger partial charge in [0.2, 0.25) is 5.91 Å². The van der Waals surface area contributed by atoms with Gasteiger partial charge in [0.1, 0.15) is 18.5 Å². The van der Waals surface area contributed by atoms with E-state index in [0.29, 0.717) is 19.8 Å². The summed E-state index contributed by atoms with van der Waals surface area (Å²) in [6.45, 7) is 1.72. The van der Waals surface area contributed by atoms with Gasteiger partial charge in [-0.25, -0.2) is 0 Å². The van der Waals surface area contributed by atoms with Gasteiger partial charge in [-0.2, -0.15) is 0 Å². The van der Waals surface area contributed by atoms with E-state index >= 15 is 0 Å². The summed E-state index contributed by atoms with van der Waals surface area (Å²) >= 11 is 1.57. The van der Waals surface area contributed by atoms with Crippen molar-refractivity contribution in [3.63, 3.8) is 0 Å². The van der Waals surface area contributed by atoms with Crippen LogP contribution in [-0.4, -0.2) is 25.7 Å². The first-order valence-electron chi connectivity index (χ1n) is 9.72. The highest BCUT2D eigenvalue weighted by Crippen LogP contribution is 2.35. The summed E-state index contributed by atoms with van der Waals surface area (Å²) < 4.78 is 11.2. The Morgan fingerprint density at radius 1 is 0.897 bits per heavy atom. The number of nitrogens with one attached hydrogen (secondary N) is 1. The van der Waals surface area contributed by atoms with Crippen LogP contribution in [0.15, 0.2) is 83.8 Å². The molecule has 0 aromatic heterocycles. The minimum absolute atomic E-state index is 0.0163. The SMILES string of the molecule is O=C(NCCc1ccc2c(c1)OCCO2)[C@H](Sc1ccccc1)c1ccccc1. The number of hydrogen-bond donors (Lipinski definition) is 1. The van der Waals surface area contributed by atoms with Crippen LogP contribution in [0.2, 0.25) is 0 Å². The molecular weight excluding hydrogens is 382 g/mol. The molecule has 1 atom stereocenters. The Labute approximate surface area is 175 Å². The van der Waals surface area contributed by atoms with Gasteiger partial charge < -0.3 is 14.8 Å². The zero-order valence-electron chi connectivity index (χ0n) is 16.0. The van der Waals surface area contributed by atoms with E-state index in [1.165, 1.54) is 0 Å². The number of fused-ring (bicyclic) bond motifs is 1. The van der Waals surface area contributed by atoms with Crippen molar-refractivity contribution in [3.8, 4) is 11.5 Å². The molecule has 0 radical (unpaired) electrons. The van der Waals surface area contributed by atoms with Gasteiger partial charge >= 0.3 is 0 Å². The van der Waals surface area contributed by atoms with E-state index in [4.69, 9.17) is 9.47 Å². The Kier molecular flexibility index (Phi) is 6.37. The summed E-state index contributed by atoms with van der Waals surface area (Å²) in [6, 6.07) is 25.9. The largest absolute Gasteiger partial charge is 0.486 e. The summed E-state index contributed by atoms with van der Waals surface area (Å²) in [5.41, 5.74) is 2.11. The number of ether oxygens (including phenoxy) is 2. The molecule has 1 heterocycles. The van der Waals surface area contributed by atoms with E-state index in [9.17, 15) is 4.79 Å². The van der Waals surface area contributed by atoms with Crippen LogP contribution in [-0.2, 0) is 11.2 Å². The first-order chi connectivity index (χ1) is 14.3. The maximum Gasteiger partial charge on any atom is 0.238 e. The van der Waals surface area contributed by atoms with E-state index in [1.54, 1.807) is 11.8 Å². The molecule has 1 aliphatic rings. The summed E-state index contributed by atoms with van der Waals surface area (Å²) in [6.07, 6.45) is 0.736. The fraction of sp³-hybridized carbons (Fsp3) is 0.208. The average Bonchev–Trinajstić information content (AvgIpc) is 2.78. The Morgan fingerprint density at radius 3 is 2.34 bits per heavy atom. The molecule has 3 aromatic carbocycles. The van der Waals surface area contributed by atoms with Gasteiger partial charge in [0.05, 0.1) is 0 Å².